The third kappa shape index (κ3) is 5.73. The minimum Gasteiger partial charge on any atom is -0.480 e. The molecule has 0 spiro atoms. The van der Waals surface area contributed by atoms with E-state index in [9.17, 15) is 18.3 Å². The molecule has 1 aliphatic rings. The second-order valence-electron chi connectivity index (χ2n) is 9.03. The number of nitrogens with zero attached hydrogens (tertiary/aromatic N) is 3. The molecular weight excluding hydrogens is 466 g/mol. The topological polar surface area (TPSA) is 102 Å². The number of aromatic nitrogens is 2. The molecule has 1 N–H and O–H groups in total. The summed E-state index contributed by atoms with van der Waals surface area (Å²) in [5.74, 6) is 5.02. The van der Waals surface area contributed by atoms with Gasteiger partial charge in [0.05, 0.1) is 24.9 Å². The highest BCUT2D eigenvalue weighted by atomic mass is 32.2. The smallest absolute Gasteiger partial charge is 0.324 e. The van der Waals surface area contributed by atoms with Crippen molar-refractivity contribution in [3.05, 3.63) is 65.4 Å². The Kier molecular flexibility index (Phi) is 7.26. The highest BCUT2D eigenvalue weighted by molar-refractivity contribution is 7.92. The Morgan fingerprint density at radius 2 is 1.77 bits per heavy atom. The fraction of sp³-hybridized carbons (Fsp3) is 0.385. The Labute approximate surface area is 205 Å². The fourth-order valence-electron chi connectivity index (χ4n) is 3.97. The molecule has 1 fully saturated rings. The largest absolute Gasteiger partial charge is 0.480 e. The van der Waals surface area contributed by atoms with Crippen molar-refractivity contribution < 1.29 is 23.1 Å². The first-order chi connectivity index (χ1) is 16.7. The summed E-state index contributed by atoms with van der Waals surface area (Å²) in [6.45, 7) is 5.80. The number of hydrogen-bond acceptors (Lipinski definition) is 6. The third-order valence-corrected chi connectivity index (χ3v) is 8.54. The number of ether oxygens (including phenoxy) is 1. The minimum absolute atomic E-state index is 0.0823. The average molecular weight is 496 g/mol. The van der Waals surface area contributed by atoms with Crippen LogP contribution in [0.1, 0.15) is 30.0 Å². The highest BCUT2D eigenvalue weighted by Gasteiger charge is 2.43. The quantitative estimate of drug-likeness (QED) is 0.503. The van der Waals surface area contributed by atoms with Crippen molar-refractivity contribution >= 4 is 26.7 Å². The van der Waals surface area contributed by atoms with Gasteiger partial charge in [-0.1, -0.05) is 24.0 Å². The van der Waals surface area contributed by atoms with E-state index in [1.807, 2.05) is 30.3 Å². The number of hydrogen-bond donors (Lipinski definition) is 1. The number of fused-ring (bicyclic) bond motifs is 1. The van der Waals surface area contributed by atoms with Crippen molar-refractivity contribution in [2.24, 2.45) is 0 Å². The molecule has 1 aliphatic heterocycles. The van der Waals surface area contributed by atoms with Crippen molar-refractivity contribution in [1.82, 2.24) is 14.7 Å². The molecule has 1 atom stereocenters. The zero-order valence-electron chi connectivity index (χ0n) is 19.9. The molecule has 9 heteroatoms. The maximum absolute atomic E-state index is 12.0. The predicted molar refractivity (Wildman–Crippen MR) is 134 cm³/mol. The van der Waals surface area contributed by atoms with Gasteiger partial charge in [0.25, 0.3) is 0 Å². The van der Waals surface area contributed by atoms with Crippen LogP contribution in [0.5, 0.6) is 0 Å². The van der Waals surface area contributed by atoms with Gasteiger partial charge in [0.2, 0.25) is 0 Å². The monoisotopic (exact) mass is 495 g/mol. The maximum atomic E-state index is 12.0. The van der Waals surface area contributed by atoms with Crippen LogP contribution in [0.4, 0.5) is 0 Å². The molecule has 0 aliphatic carbocycles. The summed E-state index contributed by atoms with van der Waals surface area (Å²) in [5, 5.41) is 14.6. The number of aryl methyl sites for hydroxylation is 1. The summed E-state index contributed by atoms with van der Waals surface area (Å²) in [7, 11) is -3.79. The fourth-order valence-corrected chi connectivity index (χ4v) is 4.75. The number of sulfone groups is 1. The van der Waals surface area contributed by atoms with Crippen LogP contribution in [0.15, 0.2) is 48.7 Å². The lowest BCUT2D eigenvalue weighted by Gasteiger charge is -2.26. The molecular formula is C26H29N3O5S. The van der Waals surface area contributed by atoms with E-state index in [4.69, 9.17) is 4.74 Å². The first-order valence-electron chi connectivity index (χ1n) is 11.5. The molecule has 0 amide bonds. The molecule has 4 rings (SSSR count). The Bertz CT molecular complexity index is 1380. The predicted octanol–water partition coefficient (Wildman–Crippen LogP) is 2.55. The molecule has 184 valence electrons. The van der Waals surface area contributed by atoms with Crippen molar-refractivity contribution in [2.45, 2.75) is 31.2 Å². The van der Waals surface area contributed by atoms with E-state index in [1.165, 1.54) is 12.5 Å². The molecule has 2 heterocycles. The summed E-state index contributed by atoms with van der Waals surface area (Å²) in [6, 6.07) is 13.9. The lowest BCUT2D eigenvalue weighted by molar-refractivity contribution is -0.139. The molecule has 0 saturated carbocycles. The van der Waals surface area contributed by atoms with Crippen LogP contribution < -0.4 is 0 Å². The first kappa shape index (κ1) is 24.9. The van der Waals surface area contributed by atoms with Gasteiger partial charge in [0, 0.05) is 48.9 Å². The average Bonchev–Trinajstić information content (AvgIpc) is 3.24. The lowest BCUT2D eigenvalue weighted by atomic mass is 10.1. The molecule has 3 aromatic rings. The van der Waals surface area contributed by atoms with Crippen molar-refractivity contribution in [2.75, 3.05) is 32.6 Å². The number of carbonyl (C=O) groups is 1. The number of aliphatic carboxylic acids is 1. The normalized spacial score (nSPS) is 16.4. The Balaban J connectivity index is 1.44. The number of carboxylic acid groups (broad SMARTS) is 1. The van der Waals surface area contributed by atoms with Crippen LogP contribution in [0, 0.1) is 11.8 Å². The Hall–Kier alpha value is -3.19. The zero-order valence-corrected chi connectivity index (χ0v) is 20.7. The van der Waals surface area contributed by atoms with E-state index >= 15 is 0 Å². The Morgan fingerprint density at radius 1 is 1.11 bits per heavy atom. The summed E-state index contributed by atoms with van der Waals surface area (Å²) in [5.41, 5.74) is 3.81. The summed E-state index contributed by atoms with van der Waals surface area (Å²) in [4.78, 5) is 14.0. The van der Waals surface area contributed by atoms with Gasteiger partial charge in [-0.25, -0.2) is 8.42 Å². The van der Waals surface area contributed by atoms with Crippen molar-refractivity contribution in [3.63, 3.8) is 0 Å². The number of carboxylic acids is 1. The molecule has 1 unspecified atom stereocenters. The maximum Gasteiger partial charge on any atom is 0.324 e. The van der Waals surface area contributed by atoms with Gasteiger partial charge in [0.15, 0.2) is 14.6 Å². The molecule has 0 bridgehead atoms. The van der Waals surface area contributed by atoms with E-state index in [0.717, 1.165) is 61.1 Å². The van der Waals surface area contributed by atoms with Crippen molar-refractivity contribution in [3.8, 4) is 11.8 Å². The third-order valence-electron chi connectivity index (χ3n) is 6.53. The molecule has 2 aromatic carbocycles. The number of benzene rings is 2. The van der Waals surface area contributed by atoms with E-state index in [1.54, 1.807) is 10.9 Å². The highest BCUT2D eigenvalue weighted by Crippen LogP contribution is 2.24. The zero-order chi connectivity index (χ0) is 25.1. The second kappa shape index (κ2) is 10.2. The van der Waals surface area contributed by atoms with Gasteiger partial charge in [-0.2, -0.15) is 5.10 Å². The van der Waals surface area contributed by atoms with E-state index in [-0.39, 0.29) is 13.0 Å². The molecule has 1 aromatic heterocycles. The Morgan fingerprint density at radius 3 is 2.43 bits per heavy atom. The van der Waals surface area contributed by atoms with E-state index in [0.29, 0.717) is 0 Å². The standard InChI is InChI=1S/C26H29N3O5S/c1-26(25(30)31,35(2,32)33)11-12-29-24-10-9-21(17-23(24)18-27-29)6-3-20-4-7-22(8-5-20)19-28-13-15-34-16-14-28/h4-5,7-10,17-18H,11-16,19H2,1-2H3,(H,30,31). The number of morpholine rings is 1. The van der Waals surface area contributed by atoms with Gasteiger partial charge in [-0.3, -0.25) is 14.4 Å². The van der Waals surface area contributed by atoms with Gasteiger partial charge in [-0.15, -0.1) is 0 Å². The van der Waals surface area contributed by atoms with Gasteiger partial charge in [-0.05, 0) is 49.2 Å². The van der Waals surface area contributed by atoms with Crippen LogP contribution in [-0.2, 0) is 32.5 Å². The number of rotatable bonds is 7. The lowest BCUT2D eigenvalue weighted by Crippen LogP contribution is -2.43. The van der Waals surface area contributed by atoms with Crippen LogP contribution in [0.25, 0.3) is 10.9 Å². The van der Waals surface area contributed by atoms with Crippen molar-refractivity contribution in [1.29, 1.82) is 0 Å². The molecule has 0 radical (unpaired) electrons. The molecule has 1 saturated heterocycles. The molecule has 35 heavy (non-hydrogen) atoms. The van der Waals surface area contributed by atoms with Crippen LogP contribution in [-0.4, -0.2) is 71.5 Å². The SMILES string of the molecule is CC(CCn1ncc2cc(C#Cc3ccc(CN4CCOCC4)cc3)ccc21)(C(=O)O)S(C)(=O)=O. The summed E-state index contributed by atoms with van der Waals surface area (Å²) in [6.07, 6.45) is 2.55. The summed E-state index contributed by atoms with van der Waals surface area (Å²) < 4.78 is 29.2. The van der Waals surface area contributed by atoms with E-state index < -0.39 is 20.6 Å². The first-order valence-corrected chi connectivity index (χ1v) is 13.3. The second-order valence-corrected chi connectivity index (χ2v) is 11.5. The van der Waals surface area contributed by atoms with Gasteiger partial charge in [0.1, 0.15) is 0 Å². The van der Waals surface area contributed by atoms with Crippen LogP contribution >= 0.6 is 0 Å². The summed E-state index contributed by atoms with van der Waals surface area (Å²) >= 11 is 0. The van der Waals surface area contributed by atoms with Gasteiger partial charge < -0.3 is 9.84 Å². The van der Waals surface area contributed by atoms with Gasteiger partial charge >= 0.3 is 5.97 Å². The molecule has 8 nitrogen and oxygen atoms in total. The van der Waals surface area contributed by atoms with Crippen LogP contribution in [0.3, 0.4) is 0 Å². The minimum atomic E-state index is -3.79. The van der Waals surface area contributed by atoms with E-state index in [2.05, 4.69) is 34.0 Å². The van der Waals surface area contributed by atoms with Crippen LogP contribution in [0.2, 0.25) is 0 Å².